The van der Waals surface area contributed by atoms with E-state index in [9.17, 15) is 24.3 Å². The van der Waals surface area contributed by atoms with Crippen LogP contribution in [0.15, 0.2) is 90.1 Å². The Bertz CT molecular complexity index is 2190. The standard InChI is InChI=1S/C41H49N9O5/c1-23-16-29(51)17-24(2)31(23)21-36(49-38(53)32(42)11-7-15-46-41(44)45)40(55)50-35(20-28-22-47-33-12-6-5-10-30(28)33)39(54)48-34(37(43)52)19-25-13-14-26-8-3-4-9-27(26)18-25/h3-6,8-10,12-14,16-18,22,32,34-36,47,51H,7,11,15,19-21,42H2,1-2H3,(H2,43,52)(H,48,54)(H,49,53)(H,50,55)(H4,44,45,46)/t32-,34+,35+,36+/m1/s1. The summed E-state index contributed by atoms with van der Waals surface area (Å²) in [7, 11) is 0. The first-order valence-electron chi connectivity index (χ1n) is 18.1. The average molecular weight is 748 g/mol. The summed E-state index contributed by atoms with van der Waals surface area (Å²) in [5, 5.41) is 21.5. The van der Waals surface area contributed by atoms with Crippen LogP contribution in [0.4, 0.5) is 0 Å². The second-order valence-electron chi connectivity index (χ2n) is 13.9. The van der Waals surface area contributed by atoms with Gasteiger partial charge in [0.05, 0.1) is 6.04 Å². The summed E-state index contributed by atoms with van der Waals surface area (Å²) in [5.41, 5.74) is 27.4. The van der Waals surface area contributed by atoms with E-state index in [4.69, 9.17) is 22.9 Å². The van der Waals surface area contributed by atoms with Crippen molar-refractivity contribution in [2.24, 2.45) is 27.9 Å². The Balaban J connectivity index is 1.42. The number of aromatic amines is 1. The van der Waals surface area contributed by atoms with Crippen LogP contribution < -0.4 is 38.9 Å². The minimum Gasteiger partial charge on any atom is -0.508 e. The predicted molar refractivity (Wildman–Crippen MR) is 214 cm³/mol. The number of carbonyl (C=O) groups is 4. The molecule has 4 aromatic carbocycles. The van der Waals surface area contributed by atoms with Crippen molar-refractivity contribution in [3.05, 3.63) is 113 Å². The van der Waals surface area contributed by atoms with Crippen LogP contribution in [0.3, 0.4) is 0 Å². The fourth-order valence-corrected chi connectivity index (χ4v) is 6.73. The topological polar surface area (TPSA) is 257 Å². The van der Waals surface area contributed by atoms with Gasteiger partial charge in [0.15, 0.2) is 5.96 Å². The monoisotopic (exact) mass is 747 g/mol. The fourth-order valence-electron chi connectivity index (χ4n) is 6.73. The van der Waals surface area contributed by atoms with Gasteiger partial charge in [-0.2, -0.15) is 0 Å². The van der Waals surface area contributed by atoms with Gasteiger partial charge < -0.3 is 49.0 Å². The van der Waals surface area contributed by atoms with E-state index in [1.54, 1.807) is 32.2 Å². The van der Waals surface area contributed by atoms with Gasteiger partial charge in [0.25, 0.3) is 0 Å². The van der Waals surface area contributed by atoms with E-state index in [0.717, 1.165) is 38.4 Å². The molecule has 13 N–H and O–H groups in total. The highest BCUT2D eigenvalue weighted by molar-refractivity contribution is 5.95. The molecule has 1 heterocycles. The van der Waals surface area contributed by atoms with Crippen LogP contribution in [-0.2, 0) is 38.4 Å². The maximum Gasteiger partial charge on any atom is 0.243 e. The lowest BCUT2D eigenvalue weighted by molar-refractivity contribution is -0.133. The molecule has 1 aromatic heterocycles. The molecule has 14 nitrogen and oxygen atoms in total. The normalized spacial score (nSPS) is 13.4. The third-order valence-electron chi connectivity index (χ3n) is 9.67. The number of hydrogen-bond donors (Lipinski definition) is 9. The van der Waals surface area contributed by atoms with Gasteiger partial charge in [-0.15, -0.1) is 0 Å². The van der Waals surface area contributed by atoms with Gasteiger partial charge in [-0.1, -0.05) is 60.7 Å². The molecule has 4 amide bonds. The lowest BCUT2D eigenvalue weighted by Gasteiger charge is -2.26. The summed E-state index contributed by atoms with van der Waals surface area (Å²) in [6.07, 6.45) is 2.63. The van der Waals surface area contributed by atoms with E-state index in [1.807, 2.05) is 66.7 Å². The summed E-state index contributed by atoms with van der Waals surface area (Å²) >= 11 is 0. The predicted octanol–water partition coefficient (Wildman–Crippen LogP) is 1.99. The van der Waals surface area contributed by atoms with Crippen LogP contribution in [-0.4, -0.2) is 70.4 Å². The highest BCUT2D eigenvalue weighted by atomic mass is 16.3. The second kappa shape index (κ2) is 18.1. The van der Waals surface area contributed by atoms with E-state index in [-0.39, 0.29) is 43.9 Å². The number of amides is 4. The molecule has 0 radical (unpaired) electrons. The maximum absolute atomic E-state index is 14.3. The van der Waals surface area contributed by atoms with Crippen molar-refractivity contribution in [3.8, 4) is 5.75 Å². The van der Waals surface area contributed by atoms with Crippen molar-refractivity contribution < 1.29 is 24.3 Å². The summed E-state index contributed by atoms with van der Waals surface area (Å²) in [4.78, 5) is 61.8. The van der Waals surface area contributed by atoms with E-state index in [0.29, 0.717) is 17.5 Å². The lowest BCUT2D eigenvalue weighted by Crippen LogP contribution is -2.58. The van der Waals surface area contributed by atoms with Crippen molar-refractivity contribution >= 4 is 51.3 Å². The van der Waals surface area contributed by atoms with Gasteiger partial charge in [-0.3, -0.25) is 24.2 Å². The molecule has 55 heavy (non-hydrogen) atoms. The molecule has 0 saturated carbocycles. The number of nitrogens with one attached hydrogen (secondary N) is 4. The van der Waals surface area contributed by atoms with Crippen LogP contribution in [0.1, 0.15) is 40.7 Å². The van der Waals surface area contributed by atoms with E-state index in [2.05, 4.69) is 25.9 Å². The minimum atomic E-state index is -1.19. The molecular formula is C41H49N9O5. The molecule has 5 aromatic rings. The number of benzene rings is 4. The number of phenolic OH excluding ortho intramolecular Hbond substituents is 1. The Morgan fingerprint density at radius 3 is 2.05 bits per heavy atom. The summed E-state index contributed by atoms with van der Waals surface area (Å²) < 4.78 is 0. The third kappa shape index (κ3) is 10.6. The molecule has 0 bridgehead atoms. The number of fused-ring (bicyclic) bond motifs is 2. The van der Waals surface area contributed by atoms with Crippen molar-refractivity contribution in [1.29, 1.82) is 0 Å². The number of aryl methyl sites for hydroxylation is 2. The number of carbonyl (C=O) groups excluding carboxylic acids is 4. The molecule has 288 valence electrons. The molecule has 0 spiro atoms. The zero-order valence-electron chi connectivity index (χ0n) is 31.0. The number of nitrogens with zero attached hydrogens (tertiary/aromatic N) is 1. The lowest BCUT2D eigenvalue weighted by atomic mass is 9.94. The third-order valence-corrected chi connectivity index (χ3v) is 9.67. The SMILES string of the molecule is Cc1cc(O)cc(C)c1C[C@H](NC(=O)[C@H](N)CCCN=C(N)N)C(=O)N[C@@H](Cc1c[nH]c2ccccc12)C(=O)N[C@@H](Cc1ccc2ccccc2c1)C(N)=O. The largest absolute Gasteiger partial charge is 0.508 e. The van der Waals surface area contributed by atoms with Crippen molar-refractivity contribution in [2.75, 3.05) is 6.54 Å². The Kier molecular flexibility index (Phi) is 13.1. The molecule has 0 fully saturated rings. The first kappa shape index (κ1) is 39.8. The zero-order chi connectivity index (χ0) is 39.6. The van der Waals surface area contributed by atoms with Crippen LogP contribution in [0, 0.1) is 13.8 Å². The highest BCUT2D eigenvalue weighted by Gasteiger charge is 2.31. The summed E-state index contributed by atoms with van der Waals surface area (Å²) in [5.74, 6) is -2.62. The number of rotatable bonds is 17. The van der Waals surface area contributed by atoms with Gasteiger partial charge in [0.2, 0.25) is 23.6 Å². The molecule has 0 saturated heterocycles. The molecule has 14 heteroatoms. The number of aliphatic imine (C=N–C) groups is 1. The van der Waals surface area contributed by atoms with Crippen LogP contribution in [0.2, 0.25) is 0 Å². The molecule has 0 aliphatic heterocycles. The van der Waals surface area contributed by atoms with Gasteiger partial charge in [0, 0.05) is 42.9 Å². The highest BCUT2D eigenvalue weighted by Crippen LogP contribution is 2.23. The minimum absolute atomic E-state index is 0.0313. The molecule has 0 unspecified atom stereocenters. The Morgan fingerprint density at radius 1 is 0.745 bits per heavy atom. The Morgan fingerprint density at radius 2 is 1.36 bits per heavy atom. The molecule has 0 aliphatic rings. The zero-order valence-corrected chi connectivity index (χ0v) is 31.0. The van der Waals surface area contributed by atoms with Gasteiger partial charge in [-0.25, -0.2) is 0 Å². The number of H-pyrrole nitrogens is 1. The smallest absolute Gasteiger partial charge is 0.243 e. The number of aromatic nitrogens is 1. The average Bonchev–Trinajstić information content (AvgIpc) is 3.55. The van der Waals surface area contributed by atoms with Crippen LogP contribution in [0.5, 0.6) is 5.75 Å². The second-order valence-corrected chi connectivity index (χ2v) is 13.9. The van der Waals surface area contributed by atoms with E-state index < -0.39 is 47.8 Å². The van der Waals surface area contributed by atoms with Crippen molar-refractivity contribution in [3.63, 3.8) is 0 Å². The summed E-state index contributed by atoms with van der Waals surface area (Å²) in [6.45, 7) is 3.86. The van der Waals surface area contributed by atoms with Crippen LogP contribution >= 0.6 is 0 Å². The quantitative estimate of drug-likeness (QED) is 0.0385. The number of para-hydroxylation sites is 1. The molecule has 0 aliphatic carbocycles. The van der Waals surface area contributed by atoms with E-state index in [1.165, 1.54) is 0 Å². The number of aromatic hydroxyl groups is 1. The molecular weight excluding hydrogens is 699 g/mol. The first-order valence-corrected chi connectivity index (χ1v) is 18.1. The van der Waals surface area contributed by atoms with Gasteiger partial charge in [0.1, 0.15) is 23.9 Å². The van der Waals surface area contributed by atoms with Crippen molar-refractivity contribution in [1.82, 2.24) is 20.9 Å². The number of hydrogen-bond acceptors (Lipinski definition) is 7. The molecule has 4 atom stereocenters. The fraction of sp³-hybridized carbons (Fsp3) is 0.293. The van der Waals surface area contributed by atoms with Gasteiger partial charge in [-0.05, 0) is 83.5 Å². The summed E-state index contributed by atoms with van der Waals surface area (Å²) in [6, 6.07) is 19.8. The molecule has 5 rings (SSSR count). The van der Waals surface area contributed by atoms with E-state index >= 15 is 0 Å². The van der Waals surface area contributed by atoms with Gasteiger partial charge >= 0.3 is 0 Å². The Hall–Kier alpha value is -6.41. The van der Waals surface area contributed by atoms with Crippen LogP contribution in [0.25, 0.3) is 21.7 Å². The first-order chi connectivity index (χ1) is 26.3. The number of phenols is 1. The maximum atomic E-state index is 14.3. The van der Waals surface area contributed by atoms with Crippen molar-refractivity contribution in [2.45, 2.75) is 70.1 Å². The number of guanidine groups is 1. The number of nitrogens with two attached hydrogens (primary N) is 4. The Labute approximate surface area is 319 Å². The number of primary amides is 1.